The molecule has 2 aromatic carbocycles. The van der Waals surface area contributed by atoms with Gasteiger partial charge in [-0.15, -0.1) is 0 Å². The van der Waals surface area contributed by atoms with E-state index in [-0.39, 0.29) is 0 Å². The van der Waals surface area contributed by atoms with Gasteiger partial charge in [-0.3, -0.25) is 4.98 Å². The second-order valence-electron chi connectivity index (χ2n) is 6.70. The molecule has 0 atom stereocenters. The first-order valence-corrected chi connectivity index (χ1v) is 9.12. The lowest BCUT2D eigenvalue weighted by atomic mass is 10.1. The zero-order chi connectivity index (χ0) is 18.8. The van der Waals surface area contributed by atoms with Gasteiger partial charge in [-0.1, -0.05) is 43.0 Å². The Kier molecular flexibility index (Phi) is 4.55. The predicted molar refractivity (Wildman–Crippen MR) is 112 cm³/mol. The van der Waals surface area contributed by atoms with Crippen molar-refractivity contribution < 1.29 is 0 Å². The minimum absolute atomic E-state index is 0.811. The van der Waals surface area contributed by atoms with Crippen molar-refractivity contribution in [3.63, 3.8) is 0 Å². The molecule has 0 N–H and O–H groups in total. The minimum atomic E-state index is 0.811. The summed E-state index contributed by atoms with van der Waals surface area (Å²) in [5.41, 5.74) is 7.40. The Balaban J connectivity index is 1.66. The molecule has 2 heterocycles. The van der Waals surface area contributed by atoms with E-state index in [9.17, 15) is 0 Å². The number of nitrogens with zero attached hydrogens (tertiary/aromatic N) is 4. The molecule has 0 radical (unpaired) electrons. The lowest BCUT2D eigenvalue weighted by Crippen LogP contribution is -2.02. The van der Waals surface area contributed by atoms with Crippen LogP contribution >= 0.6 is 0 Å². The quantitative estimate of drug-likeness (QED) is 0.483. The third-order valence-corrected chi connectivity index (χ3v) is 4.91. The fourth-order valence-corrected chi connectivity index (χ4v) is 3.38. The molecule has 0 aliphatic rings. The maximum absolute atomic E-state index is 4.93. The molecule has 4 rings (SSSR count). The first-order valence-electron chi connectivity index (χ1n) is 9.12. The number of fused-ring (bicyclic) bond motifs is 2. The number of benzene rings is 2. The number of aromatic nitrogens is 4. The van der Waals surface area contributed by atoms with E-state index in [1.165, 1.54) is 5.56 Å². The second kappa shape index (κ2) is 7.16. The van der Waals surface area contributed by atoms with E-state index < -0.39 is 0 Å². The summed E-state index contributed by atoms with van der Waals surface area (Å²) in [5, 5.41) is 0. The summed E-state index contributed by atoms with van der Waals surface area (Å²) in [6.07, 6.45) is 9.33. The van der Waals surface area contributed by atoms with E-state index in [1.807, 2.05) is 36.5 Å². The van der Waals surface area contributed by atoms with Crippen LogP contribution in [0, 0.1) is 6.92 Å². The highest BCUT2D eigenvalue weighted by Crippen LogP contribution is 2.24. The van der Waals surface area contributed by atoms with Crippen LogP contribution < -0.4 is 0 Å². The van der Waals surface area contributed by atoms with E-state index >= 15 is 0 Å². The zero-order valence-corrected chi connectivity index (χ0v) is 15.7. The predicted octanol–water partition coefficient (Wildman–Crippen LogP) is 4.81. The number of imidazole rings is 1. The molecule has 134 valence electrons. The molecule has 0 unspecified atom stereocenters. The van der Waals surface area contributed by atoms with Crippen LogP contribution in [0.1, 0.15) is 22.6 Å². The summed E-state index contributed by atoms with van der Waals surface area (Å²) in [7, 11) is 2.08. The van der Waals surface area contributed by atoms with Gasteiger partial charge >= 0.3 is 0 Å². The van der Waals surface area contributed by atoms with Crippen LogP contribution in [0.4, 0.5) is 0 Å². The Bertz CT molecular complexity index is 1170. The molecule has 0 saturated carbocycles. The Morgan fingerprint density at radius 2 is 1.85 bits per heavy atom. The van der Waals surface area contributed by atoms with E-state index in [2.05, 4.69) is 48.3 Å². The van der Waals surface area contributed by atoms with E-state index in [0.717, 1.165) is 52.0 Å². The smallest absolute Gasteiger partial charge is 0.110 e. The highest BCUT2D eigenvalue weighted by atomic mass is 15.1. The van der Waals surface area contributed by atoms with E-state index in [1.54, 1.807) is 6.08 Å². The van der Waals surface area contributed by atoms with Gasteiger partial charge in [0.2, 0.25) is 0 Å². The summed E-state index contributed by atoms with van der Waals surface area (Å²) in [6.45, 7) is 5.88. The van der Waals surface area contributed by atoms with Gasteiger partial charge in [0.25, 0.3) is 0 Å². The zero-order valence-electron chi connectivity index (χ0n) is 15.7. The lowest BCUT2D eigenvalue weighted by molar-refractivity contribution is 0.775. The molecule has 0 fully saturated rings. The topological polar surface area (TPSA) is 43.6 Å². The molecule has 0 aliphatic carbocycles. The molecule has 4 heteroatoms. The summed E-state index contributed by atoms with van der Waals surface area (Å²) >= 11 is 0. The highest BCUT2D eigenvalue weighted by molar-refractivity contribution is 5.87. The Labute approximate surface area is 158 Å². The van der Waals surface area contributed by atoms with Crippen LogP contribution in [0.5, 0.6) is 0 Å². The van der Waals surface area contributed by atoms with Crippen molar-refractivity contribution in [1.82, 2.24) is 19.5 Å². The van der Waals surface area contributed by atoms with Crippen LogP contribution in [0.3, 0.4) is 0 Å². The standard InChI is InChI=1S/C23H22N4/c1-4-5-8-18-16(2)11-13-21-23(18)26-22(27(21)3)14-12-17-15-24-19-9-6-7-10-20(19)25-17/h4-11,13,15H,1,12,14H2,2-3H3/b8-5-. The molecule has 27 heavy (non-hydrogen) atoms. The van der Waals surface area contributed by atoms with Crippen molar-refractivity contribution in [2.75, 3.05) is 0 Å². The fourth-order valence-electron chi connectivity index (χ4n) is 3.38. The van der Waals surface area contributed by atoms with Gasteiger partial charge in [0, 0.05) is 25.2 Å². The number of rotatable bonds is 5. The Morgan fingerprint density at radius 3 is 2.67 bits per heavy atom. The maximum atomic E-state index is 4.93. The molecular formula is C23H22N4. The first-order chi connectivity index (χ1) is 13.2. The molecule has 0 amide bonds. The van der Waals surface area contributed by atoms with Gasteiger partial charge in [-0.25, -0.2) is 9.97 Å². The van der Waals surface area contributed by atoms with Crippen LogP contribution in [0.15, 0.2) is 61.3 Å². The van der Waals surface area contributed by atoms with E-state index in [4.69, 9.17) is 9.97 Å². The molecule has 0 bridgehead atoms. The lowest BCUT2D eigenvalue weighted by Gasteiger charge is -2.04. The van der Waals surface area contributed by atoms with Gasteiger partial charge in [0.15, 0.2) is 0 Å². The first kappa shape index (κ1) is 17.2. The van der Waals surface area contributed by atoms with Crippen molar-refractivity contribution >= 4 is 28.1 Å². The van der Waals surface area contributed by atoms with Crippen molar-refractivity contribution in [3.8, 4) is 0 Å². The number of allylic oxidation sites excluding steroid dienone is 2. The number of hydrogen-bond donors (Lipinski definition) is 0. The largest absolute Gasteiger partial charge is 0.331 e. The molecule has 4 nitrogen and oxygen atoms in total. The van der Waals surface area contributed by atoms with Gasteiger partial charge in [-0.05, 0) is 37.1 Å². The van der Waals surface area contributed by atoms with Crippen molar-refractivity contribution in [2.45, 2.75) is 19.8 Å². The van der Waals surface area contributed by atoms with Crippen LogP contribution in [-0.2, 0) is 19.9 Å². The van der Waals surface area contributed by atoms with Crippen molar-refractivity contribution in [2.24, 2.45) is 7.05 Å². The molecule has 0 aliphatic heterocycles. The SMILES string of the molecule is C=C/C=C\c1c(C)ccc2c1nc(CCc1cnc3ccccc3n1)n2C. The third-order valence-electron chi connectivity index (χ3n) is 4.91. The maximum Gasteiger partial charge on any atom is 0.110 e. The summed E-state index contributed by atoms with van der Waals surface area (Å²) < 4.78 is 2.18. The Hall–Kier alpha value is -3.27. The number of hydrogen-bond acceptors (Lipinski definition) is 3. The molecule has 2 aromatic heterocycles. The van der Waals surface area contributed by atoms with Crippen molar-refractivity contribution in [1.29, 1.82) is 0 Å². The van der Waals surface area contributed by atoms with Gasteiger partial charge in [0.1, 0.15) is 5.82 Å². The second-order valence-corrected chi connectivity index (χ2v) is 6.70. The van der Waals surface area contributed by atoms with Gasteiger partial charge in [-0.2, -0.15) is 0 Å². The summed E-state index contributed by atoms with van der Waals surface area (Å²) in [5.74, 6) is 1.05. The number of aryl methyl sites for hydroxylation is 4. The third kappa shape index (κ3) is 3.26. The molecule has 0 saturated heterocycles. The van der Waals surface area contributed by atoms with E-state index in [0.29, 0.717) is 0 Å². The average molecular weight is 354 g/mol. The van der Waals surface area contributed by atoms with Crippen molar-refractivity contribution in [3.05, 3.63) is 84.0 Å². The summed E-state index contributed by atoms with van der Waals surface area (Å²) in [4.78, 5) is 14.2. The monoisotopic (exact) mass is 354 g/mol. The fraction of sp³-hybridized carbons (Fsp3) is 0.174. The van der Waals surface area contributed by atoms with Crippen LogP contribution in [0.2, 0.25) is 0 Å². The average Bonchev–Trinajstić information content (AvgIpc) is 3.01. The molecular weight excluding hydrogens is 332 g/mol. The minimum Gasteiger partial charge on any atom is -0.331 e. The van der Waals surface area contributed by atoms with Gasteiger partial charge in [0.05, 0.1) is 27.8 Å². The van der Waals surface area contributed by atoms with Crippen LogP contribution in [0.25, 0.3) is 28.1 Å². The number of para-hydroxylation sites is 2. The molecule has 0 spiro atoms. The van der Waals surface area contributed by atoms with Crippen LogP contribution in [-0.4, -0.2) is 19.5 Å². The normalized spacial score (nSPS) is 11.6. The van der Waals surface area contributed by atoms with Gasteiger partial charge < -0.3 is 4.57 Å². The Morgan fingerprint density at radius 1 is 1.04 bits per heavy atom. The summed E-state index contributed by atoms with van der Waals surface area (Å²) in [6, 6.07) is 12.2. The highest BCUT2D eigenvalue weighted by Gasteiger charge is 2.12. The molecule has 4 aromatic rings.